The van der Waals surface area contributed by atoms with Crippen LogP contribution >= 0.6 is 23.2 Å². The van der Waals surface area contributed by atoms with E-state index in [4.69, 9.17) is 28.0 Å². The van der Waals surface area contributed by atoms with Crippen LogP contribution in [0.1, 0.15) is 11.1 Å². The van der Waals surface area contributed by atoms with Crippen molar-refractivity contribution in [2.45, 2.75) is 17.3 Å². The van der Waals surface area contributed by atoms with Gasteiger partial charge < -0.3 is 4.84 Å². The monoisotopic (exact) mass is 379 g/mol. The first-order chi connectivity index (χ1) is 11.6. The largest absolute Gasteiger partial charge is 0.410 e. The minimum Gasteiger partial charge on any atom is -0.410 e. The predicted molar refractivity (Wildman–Crippen MR) is 97.7 cm³/mol. The van der Waals surface area contributed by atoms with Gasteiger partial charge in [-0.2, -0.15) is 4.73 Å². The summed E-state index contributed by atoms with van der Waals surface area (Å²) in [5.74, 6) is 0.443. The van der Waals surface area contributed by atoms with Crippen LogP contribution in [0.4, 0.5) is 0 Å². The quantitative estimate of drug-likeness (QED) is 0.619. The van der Waals surface area contributed by atoms with Crippen LogP contribution in [-0.2, 0) is 23.2 Å². The van der Waals surface area contributed by atoms with Crippen LogP contribution in [0.25, 0.3) is 0 Å². The van der Waals surface area contributed by atoms with Gasteiger partial charge in [-0.05, 0) is 41.5 Å². The Bertz CT molecular complexity index is 829. The van der Waals surface area contributed by atoms with Crippen LogP contribution < -0.4 is 4.84 Å². The Morgan fingerprint density at radius 3 is 2.08 bits per heavy atom. The van der Waals surface area contributed by atoms with Gasteiger partial charge in [0.15, 0.2) is 0 Å². The highest BCUT2D eigenvalue weighted by atomic mass is 35.5. The van der Waals surface area contributed by atoms with Crippen LogP contribution in [0.5, 0.6) is 0 Å². The average Bonchev–Trinajstić information content (AvgIpc) is 3.06. The molecule has 0 N–H and O–H groups in total. The van der Waals surface area contributed by atoms with E-state index in [1.54, 1.807) is 35.3 Å². The molecule has 0 aliphatic carbocycles. The summed E-state index contributed by atoms with van der Waals surface area (Å²) in [5, 5.41) is 1.37. The summed E-state index contributed by atoms with van der Waals surface area (Å²) in [7, 11) is -1.13. The molecule has 2 aromatic carbocycles. The third-order valence-electron chi connectivity index (χ3n) is 3.41. The second-order valence-corrected chi connectivity index (χ2v) is 7.55. The molecule has 0 amide bonds. The normalized spacial score (nSPS) is 12.1. The lowest BCUT2D eigenvalue weighted by atomic mass is 10.2. The molecule has 1 unspecified atom stereocenters. The van der Waals surface area contributed by atoms with Gasteiger partial charge in [0.25, 0.3) is 0 Å². The molecule has 3 aromatic rings. The van der Waals surface area contributed by atoms with E-state index >= 15 is 0 Å². The second kappa shape index (κ2) is 7.88. The summed E-state index contributed by atoms with van der Waals surface area (Å²) in [4.78, 5) is 6.37. The molecule has 0 spiro atoms. The summed E-state index contributed by atoms with van der Waals surface area (Å²) in [6.45, 7) is 0.412. The van der Waals surface area contributed by atoms with E-state index in [-0.39, 0.29) is 0 Å². The summed E-state index contributed by atoms with van der Waals surface area (Å²) < 4.78 is 14.0. The third-order valence-corrected chi connectivity index (χ3v) is 5.27. The number of nitrogens with zero attached hydrogens (tertiary/aromatic N) is 1. The van der Waals surface area contributed by atoms with Crippen LogP contribution in [-0.4, -0.2) is 8.94 Å². The molecule has 24 heavy (non-hydrogen) atoms. The van der Waals surface area contributed by atoms with Gasteiger partial charge in [0.1, 0.15) is 6.61 Å². The van der Waals surface area contributed by atoms with E-state index in [9.17, 15) is 4.21 Å². The molecule has 0 bridgehead atoms. The van der Waals surface area contributed by atoms with Gasteiger partial charge in [-0.25, -0.2) is 0 Å². The smallest absolute Gasteiger partial charge is 0.140 e. The Morgan fingerprint density at radius 2 is 1.46 bits per heavy atom. The van der Waals surface area contributed by atoms with E-state index in [0.717, 1.165) is 16.0 Å². The molecule has 1 heterocycles. The molecule has 6 heteroatoms. The predicted octanol–water partition coefficient (Wildman–Crippen LogP) is 4.73. The standard InChI is InChI=1S/C18H15Cl2NO2S/c19-16-5-1-14(2-6-16)12-23-21-10-9-18(11-21)24(22)13-15-3-7-17(20)8-4-15/h1-11H,12-13H2. The van der Waals surface area contributed by atoms with Gasteiger partial charge >= 0.3 is 0 Å². The van der Waals surface area contributed by atoms with E-state index in [0.29, 0.717) is 22.4 Å². The molecule has 1 aromatic heterocycles. The molecule has 1 atom stereocenters. The maximum atomic E-state index is 12.4. The maximum absolute atomic E-state index is 12.4. The van der Waals surface area contributed by atoms with Crippen molar-refractivity contribution in [1.29, 1.82) is 0 Å². The number of rotatable bonds is 6. The zero-order valence-electron chi connectivity index (χ0n) is 12.7. The molecule has 0 saturated heterocycles. The molecule has 0 saturated carbocycles. The third kappa shape index (κ3) is 4.63. The van der Waals surface area contributed by atoms with Crippen molar-refractivity contribution in [2.24, 2.45) is 0 Å². The number of hydrogen-bond acceptors (Lipinski definition) is 2. The summed E-state index contributed by atoms with van der Waals surface area (Å²) in [6, 6.07) is 16.6. The highest BCUT2D eigenvalue weighted by molar-refractivity contribution is 7.84. The van der Waals surface area contributed by atoms with Crippen molar-refractivity contribution in [2.75, 3.05) is 0 Å². The van der Waals surface area contributed by atoms with Gasteiger partial charge in [-0.15, -0.1) is 0 Å². The van der Waals surface area contributed by atoms with Crippen LogP contribution in [0.15, 0.2) is 71.9 Å². The first-order valence-electron chi connectivity index (χ1n) is 7.29. The van der Waals surface area contributed by atoms with Crippen molar-refractivity contribution >= 4 is 34.0 Å². The number of halogens is 2. The molecule has 3 rings (SSSR count). The summed E-state index contributed by atoms with van der Waals surface area (Å²) >= 11 is 11.7. The topological polar surface area (TPSA) is 31.2 Å². The summed E-state index contributed by atoms with van der Waals surface area (Å²) in [6.07, 6.45) is 3.49. The Balaban J connectivity index is 1.59. The van der Waals surface area contributed by atoms with Crippen molar-refractivity contribution < 1.29 is 9.05 Å². The van der Waals surface area contributed by atoms with Gasteiger partial charge in [0.05, 0.1) is 27.6 Å². The number of benzene rings is 2. The maximum Gasteiger partial charge on any atom is 0.140 e. The molecule has 3 nitrogen and oxygen atoms in total. The molecule has 124 valence electrons. The fourth-order valence-electron chi connectivity index (χ4n) is 2.12. The Hall–Kier alpha value is -1.75. The van der Waals surface area contributed by atoms with Gasteiger partial charge in [0.2, 0.25) is 0 Å². The Labute approximate surface area is 153 Å². The van der Waals surface area contributed by atoms with Gasteiger partial charge in [-0.3, -0.25) is 4.21 Å². The van der Waals surface area contributed by atoms with E-state index in [1.165, 1.54) is 0 Å². The van der Waals surface area contributed by atoms with Crippen LogP contribution in [0, 0.1) is 0 Å². The first-order valence-corrected chi connectivity index (χ1v) is 9.36. The van der Waals surface area contributed by atoms with Crippen molar-refractivity contribution in [3.63, 3.8) is 0 Å². The Morgan fingerprint density at radius 1 is 0.875 bits per heavy atom. The minimum absolute atomic E-state index is 0.412. The van der Waals surface area contributed by atoms with Crippen molar-refractivity contribution in [1.82, 2.24) is 4.73 Å². The number of hydrogen-bond donors (Lipinski definition) is 0. The second-order valence-electron chi connectivity index (χ2n) is 5.22. The molecular weight excluding hydrogens is 365 g/mol. The van der Waals surface area contributed by atoms with Crippen LogP contribution in [0.2, 0.25) is 10.0 Å². The van der Waals surface area contributed by atoms with Crippen LogP contribution in [0.3, 0.4) is 0 Å². The van der Waals surface area contributed by atoms with E-state index < -0.39 is 10.8 Å². The Kier molecular flexibility index (Phi) is 5.61. The summed E-state index contributed by atoms with van der Waals surface area (Å²) in [5.41, 5.74) is 1.99. The fourth-order valence-corrected chi connectivity index (χ4v) is 3.47. The molecule has 0 fully saturated rings. The number of aromatic nitrogens is 1. The zero-order chi connectivity index (χ0) is 16.9. The van der Waals surface area contributed by atoms with E-state index in [2.05, 4.69) is 0 Å². The lowest BCUT2D eigenvalue weighted by molar-refractivity contribution is 0.0973. The van der Waals surface area contributed by atoms with Gasteiger partial charge in [0, 0.05) is 16.2 Å². The van der Waals surface area contributed by atoms with Crippen molar-refractivity contribution in [3.8, 4) is 0 Å². The average molecular weight is 380 g/mol. The lowest BCUT2D eigenvalue weighted by Crippen LogP contribution is -2.08. The molecule has 0 aliphatic rings. The first kappa shape index (κ1) is 17.1. The molecular formula is C18H15Cl2NO2S. The minimum atomic E-state index is -1.13. The van der Waals surface area contributed by atoms with Gasteiger partial charge in [-0.1, -0.05) is 47.5 Å². The molecule has 0 aliphatic heterocycles. The lowest BCUT2D eigenvalue weighted by Gasteiger charge is -2.06. The van der Waals surface area contributed by atoms with Crippen molar-refractivity contribution in [3.05, 3.63) is 88.2 Å². The molecule has 0 radical (unpaired) electrons. The SMILES string of the molecule is O=S(Cc1ccc(Cl)cc1)c1ccn(OCc2ccc(Cl)cc2)c1. The highest BCUT2D eigenvalue weighted by Crippen LogP contribution is 2.16. The highest BCUT2D eigenvalue weighted by Gasteiger charge is 2.08. The zero-order valence-corrected chi connectivity index (χ0v) is 15.0. The fraction of sp³-hybridized carbons (Fsp3) is 0.111. The van der Waals surface area contributed by atoms with E-state index in [1.807, 2.05) is 36.4 Å².